The molecule has 0 bridgehead atoms. The minimum Gasteiger partial charge on any atom is -0.468 e. The summed E-state index contributed by atoms with van der Waals surface area (Å²) in [5.74, 6) is -0.757. The third-order valence-corrected chi connectivity index (χ3v) is 4.30. The van der Waals surface area contributed by atoms with Crippen LogP contribution in [0.15, 0.2) is 60.8 Å². The summed E-state index contributed by atoms with van der Waals surface area (Å²) in [5.41, 5.74) is 1.77. The zero-order chi connectivity index (χ0) is 20.6. The van der Waals surface area contributed by atoms with Crippen LogP contribution < -0.4 is 15.4 Å². The first-order chi connectivity index (χ1) is 14.1. The minimum atomic E-state index is -0.949. The second-order valence-corrected chi connectivity index (χ2v) is 6.26. The number of aromatic amines is 1. The molecule has 150 valence electrons. The summed E-state index contributed by atoms with van der Waals surface area (Å²) >= 11 is 0. The first kappa shape index (κ1) is 19.9. The Labute approximate surface area is 167 Å². The Morgan fingerprint density at radius 2 is 1.76 bits per heavy atom. The number of aromatic nitrogens is 1. The number of fused-ring (bicyclic) bond motifs is 1. The molecule has 2 amide bonds. The van der Waals surface area contributed by atoms with Crippen molar-refractivity contribution in [2.75, 3.05) is 13.7 Å². The van der Waals surface area contributed by atoms with Gasteiger partial charge in [-0.05, 0) is 23.8 Å². The van der Waals surface area contributed by atoms with E-state index in [-0.39, 0.29) is 13.0 Å². The van der Waals surface area contributed by atoms with Crippen LogP contribution in [0.4, 0.5) is 4.79 Å². The maximum atomic E-state index is 12.6. The van der Waals surface area contributed by atoms with Crippen molar-refractivity contribution >= 4 is 28.9 Å². The maximum Gasteiger partial charge on any atom is 0.413 e. The molecule has 0 saturated heterocycles. The van der Waals surface area contributed by atoms with Gasteiger partial charge in [-0.3, -0.25) is 9.59 Å². The summed E-state index contributed by atoms with van der Waals surface area (Å²) in [6, 6.07) is 15.2. The number of ether oxygens (including phenoxy) is 2. The van der Waals surface area contributed by atoms with E-state index >= 15 is 0 Å². The van der Waals surface area contributed by atoms with Gasteiger partial charge < -0.3 is 25.1 Å². The zero-order valence-corrected chi connectivity index (χ0v) is 15.8. The van der Waals surface area contributed by atoms with Gasteiger partial charge in [0.1, 0.15) is 18.3 Å². The fourth-order valence-electron chi connectivity index (χ4n) is 2.85. The number of hydrogen-bond donors (Lipinski definition) is 3. The number of hydrogen-bond acceptors (Lipinski definition) is 5. The second-order valence-electron chi connectivity index (χ2n) is 6.26. The molecule has 0 saturated carbocycles. The monoisotopic (exact) mass is 395 g/mol. The van der Waals surface area contributed by atoms with E-state index in [9.17, 15) is 14.4 Å². The summed E-state index contributed by atoms with van der Waals surface area (Å²) in [4.78, 5) is 39.4. The molecule has 29 heavy (non-hydrogen) atoms. The van der Waals surface area contributed by atoms with Gasteiger partial charge in [-0.2, -0.15) is 0 Å². The number of carbonyl (C=O) groups excluding carboxylic acids is 3. The average molecular weight is 395 g/mol. The third-order valence-electron chi connectivity index (χ3n) is 4.30. The van der Waals surface area contributed by atoms with Crippen LogP contribution in [-0.2, 0) is 20.7 Å². The Hall–Kier alpha value is -3.81. The van der Waals surface area contributed by atoms with Crippen molar-refractivity contribution < 1.29 is 23.9 Å². The lowest BCUT2D eigenvalue weighted by Gasteiger charge is -2.18. The van der Waals surface area contributed by atoms with Crippen LogP contribution in [0, 0.1) is 0 Å². The molecule has 1 atom stereocenters. The molecule has 8 heteroatoms. The molecule has 0 aliphatic heterocycles. The Morgan fingerprint density at radius 1 is 1.03 bits per heavy atom. The lowest BCUT2D eigenvalue weighted by Crippen LogP contribution is -2.49. The van der Waals surface area contributed by atoms with Crippen LogP contribution in [-0.4, -0.2) is 42.7 Å². The Balaban J connectivity index is 1.74. The van der Waals surface area contributed by atoms with Gasteiger partial charge in [-0.25, -0.2) is 4.79 Å². The largest absolute Gasteiger partial charge is 0.468 e. The Morgan fingerprint density at radius 3 is 2.52 bits per heavy atom. The van der Waals surface area contributed by atoms with Crippen LogP contribution in [0.5, 0.6) is 5.75 Å². The van der Waals surface area contributed by atoms with Gasteiger partial charge in [-0.1, -0.05) is 36.4 Å². The lowest BCUT2D eigenvalue weighted by molar-refractivity contribution is -0.141. The highest BCUT2D eigenvalue weighted by atomic mass is 16.6. The summed E-state index contributed by atoms with van der Waals surface area (Å²) in [7, 11) is 1.23. The molecule has 3 rings (SSSR count). The summed E-state index contributed by atoms with van der Waals surface area (Å²) in [6.07, 6.45) is 1.23. The molecule has 0 aliphatic rings. The molecule has 8 nitrogen and oxygen atoms in total. The molecule has 0 aliphatic carbocycles. The first-order valence-electron chi connectivity index (χ1n) is 8.99. The van der Waals surface area contributed by atoms with Crippen LogP contribution >= 0.6 is 0 Å². The average Bonchev–Trinajstić information content (AvgIpc) is 3.15. The standard InChI is InChI=1S/C21H21N3O5/c1-28-19(25)13-23-20(26)18(24-21(27)29-15-7-3-2-4-8-15)11-14-12-22-17-10-6-5-9-16(14)17/h2-10,12,18,22H,11,13H2,1H3,(H,23,26)(H,24,27)/t18-/m1/s1. The Bertz CT molecular complexity index is 1000. The molecule has 1 heterocycles. The van der Waals surface area contributed by atoms with E-state index in [4.69, 9.17) is 4.74 Å². The van der Waals surface area contributed by atoms with Gasteiger partial charge in [-0.15, -0.1) is 0 Å². The molecule has 0 spiro atoms. The van der Waals surface area contributed by atoms with Crippen molar-refractivity contribution in [1.29, 1.82) is 0 Å². The topological polar surface area (TPSA) is 110 Å². The number of rotatable bonds is 7. The van der Waals surface area contributed by atoms with E-state index in [1.54, 1.807) is 36.5 Å². The van der Waals surface area contributed by atoms with Gasteiger partial charge in [0.2, 0.25) is 5.91 Å². The van der Waals surface area contributed by atoms with Crippen LogP contribution in [0.25, 0.3) is 10.9 Å². The number of methoxy groups -OCH3 is 1. The van der Waals surface area contributed by atoms with Gasteiger partial charge >= 0.3 is 12.1 Å². The number of carbonyl (C=O) groups is 3. The highest BCUT2D eigenvalue weighted by Gasteiger charge is 2.24. The molecule has 3 aromatic rings. The Kier molecular flexibility index (Phi) is 6.47. The van der Waals surface area contributed by atoms with E-state index in [0.29, 0.717) is 5.75 Å². The zero-order valence-electron chi connectivity index (χ0n) is 15.8. The van der Waals surface area contributed by atoms with E-state index in [2.05, 4.69) is 20.4 Å². The fraction of sp³-hybridized carbons (Fsp3) is 0.190. The number of benzene rings is 2. The summed E-state index contributed by atoms with van der Waals surface area (Å²) in [6.45, 7) is -0.296. The lowest BCUT2D eigenvalue weighted by atomic mass is 10.0. The van der Waals surface area contributed by atoms with E-state index in [1.165, 1.54) is 7.11 Å². The van der Waals surface area contributed by atoms with Crippen LogP contribution in [0.2, 0.25) is 0 Å². The van der Waals surface area contributed by atoms with Crippen LogP contribution in [0.3, 0.4) is 0 Å². The third kappa shape index (κ3) is 5.35. The van der Waals surface area contributed by atoms with Crippen LogP contribution in [0.1, 0.15) is 5.56 Å². The highest BCUT2D eigenvalue weighted by molar-refractivity contribution is 5.90. The smallest absolute Gasteiger partial charge is 0.413 e. The van der Waals surface area contributed by atoms with E-state index < -0.39 is 24.0 Å². The van der Waals surface area contributed by atoms with Crippen molar-refractivity contribution in [2.45, 2.75) is 12.5 Å². The molecule has 0 fully saturated rings. The second kappa shape index (κ2) is 9.41. The molecule has 2 aromatic carbocycles. The number of nitrogens with one attached hydrogen (secondary N) is 3. The van der Waals surface area contributed by atoms with Gasteiger partial charge in [0.05, 0.1) is 7.11 Å². The maximum absolute atomic E-state index is 12.6. The van der Waals surface area contributed by atoms with E-state index in [0.717, 1.165) is 16.5 Å². The minimum absolute atomic E-state index is 0.209. The molecular formula is C21H21N3O5. The van der Waals surface area contributed by atoms with Crippen molar-refractivity contribution in [3.05, 3.63) is 66.4 Å². The van der Waals surface area contributed by atoms with Gasteiger partial charge in [0.25, 0.3) is 0 Å². The molecule has 0 radical (unpaired) electrons. The fourth-order valence-corrected chi connectivity index (χ4v) is 2.85. The molecule has 0 unspecified atom stereocenters. The molecule has 1 aromatic heterocycles. The normalized spacial score (nSPS) is 11.5. The van der Waals surface area contributed by atoms with Crippen molar-refractivity contribution in [3.63, 3.8) is 0 Å². The summed E-state index contributed by atoms with van der Waals surface area (Å²) in [5, 5.41) is 5.98. The highest BCUT2D eigenvalue weighted by Crippen LogP contribution is 2.19. The van der Waals surface area contributed by atoms with Gasteiger partial charge in [0.15, 0.2) is 0 Å². The van der Waals surface area contributed by atoms with Crippen molar-refractivity contribution in [2.24, 2.45) is 0 Å². The first-order valence-corrected chi connectivity index (χ1v) is 8.99. The number of esters is 1. The predicted molar refractivity (Wildman–Crippen MR) is 106 cm³/mol. The van der Waals surface area contributed by atoms with E-state index in [1.807, 2.05) is 24.3 Å². The SMILES string of the molecule is COC(=O)CNC(=O)[C@@H](Cc1c[nH]c2ccccc12)NC(=O)Oc1ccccc1. The van der Waals surface area contributed by atoms with Crippen molar-refractivity contribution in [1.82, 2.24) is 15.6 Å². The number of para-hydroxylation sites is 2. The molecular weight excluding hydrogens is 374 g/mol. The number of H-pyrrole nitrogens is 1. The van der Waals surface area contributed by atoms with Gasteiger partial charge in [0, 0.05) is 23.5 Å². The summed E-state index contributed by atoms with van der Waals surface area (Å²) < 4.78 is 9.75. The number of amides is 2. The van der Waals surface area contributed by atoms with Crippen molar-refractivity contribution in [3.8, 4) is 5.75 Å². The molecule has 3 N–H and O–H groups in total. The predicted octanol–water partition coefficient (Wildman–Crippen LogP) is 2.16. The quantitative estimate of drug-likeness (QED) is 0.531.